The Kier molecular flexibility index (Phi) is 3.56. The molecule has 5 heteroatoms. The number of hydrogen-bond donors (Lipinski definition) is 1. The lowest BCUT2D eigenvalue weighted by Crippen LogP contribution is -2.56. The summed E-state index contributed by atoms with van der Waals surface area (Å²) < 4.78 is 25.9. The van der Waals surface area contributed by atoms with Crippen LogP contribution < -0.4 is 5.32 Å². The Hall–Kier alpha value is -0.130. The highest BCUT2D eigenvalue weighted by Gasteiger charge is 2.31. The fourth-order valence-electron chi connectivity index (χ4n) is 2.35. The third-order valence-corrected chi connectivity index (χ3v) is 5.23. The molecule has 2 unspecified atom stereocenters. The van der Waals surface area contributed by atoms with Crippen molar-refractivity contribution < 1.29 is 8.42 Å². The van der Waals surface area contributed by atoms with Crippen molar-refractivity contribution in [2.75, 3.05) is 18.8 Å². The van der Waals surface area contributed by atoms with Crippen molar-refractivity contribution in [1.29, 1.82) is 0 Å². The van der Waals surface area contributed by atoms with Gasteiger partial charge in [0.05, 0.1) is 5.75 Å². The monoisotopic (exact) mass is 246 g/mol. The highest BCUT2D eigenvalue weighted by molar-refractivity contribution is 7.89. The van der Waals surface area contributed by atoms with Crippen LogP contribution in [0.5, 0.6) is 0 Å². The summed E-state index contributed by atoms with van der Waals surface area (Å²) >= 11 is 0. The van der Waals surface area contributed by atoms with Crippen molar-refractivity contribution in [3.05, 3.63) is 0 Å². The van der Waals surface area contributed by atoms with Gasteiger partial charge in [-0.2, -0.15) is 4.31 Å². The topological polar surface area (TPSA) is 49.4 Å². The molecule has 2 aliphatic rings. The van der Waals surface area contributed by atoms with Crippen molar-refractivity contribution in [1.82, 2.24) is 9.62 Å². The number of sulfonamides is 1. The molecule has 4 nitrogen and oxygen atoms in total. The Balaban J connectivity index is 1.92. The van der Waals surface area contributed by atoms with E-state index in [-0.39, 0.29) is 12.1 Å². The normalized spacial score (nSPS) is 32.9. The van der Waals surface area contributed by atoms with E-state index in [4.69, 9.17) is 0 Å². The van der Waals surface area contributed by atoms with Crippen LogP contribution in [0, 0.1) is 5.92 Å². The van der Waals surface area contributed by atoms with E-state index in [1.165, 1.54) is 12.8 Å². The molecule has 1 aliphatic carbocycles. The van der Waals surface area contributed by atoms with Crippen molar-refractivity contribution >= 4 is 10.0 Å². The van der Waals surface area contributed by atoms with Gasteiger partial charge in [-0.3, -0.25) is 0 Å². The number of hydrogen-bond acceptors (Lipinski definition) is 3. The Morgan fingerprint density at radius 1 is 1.19 bits per heavy atom. The minimum atomic E-state index is -3.01. The number of piperazine rings is 1. The van der Waals surface area contributed by atoms with E-state index in [9.17, 15) is 8.42 Å². The fraction of sp³-hybridized carbons (Fsp3) is 1.00. The van der Waals surface area contributed by atoms with Crippen molar-refractivity contribution in [2.45, 2.75) is 45.2 Å². The van der Waals surface area contributed by atoms with Crippen LogP contribution >= 0.6 is 0 Å². The minimum Gasteiger partial charge on any atom is -0.309 e. The first-order valence-corrected chi connectivity index (χ1v) is 7.82. The van der Waals surface area contributed by atoms with Crippen LogP contribution in [0.2, 0.25) is 0 Å². The maximum atomic E-state index is 12.1. The van der Waals surface area contributed by atoms with Gasteiger partial charge in [0.2, 0.25) is 10.0 Å². The average Bonchev–Trinajstić information content (AvgIpc) is 2.96. The second kappa shape index (κ2) is 4.63. The Morgan fingerprint density at radius 2 is 1.75 bits per heavy atom. The van der Waals surface area contributed by atoms with Gasteiger partial charge in [-0.05, 0) is 26.2 Å². The van der Waals surface area contributed by atoms with E-state index in [1.807, 2.05) is 13.8 Å². The van der Waals surface area contributed by atoms with E-state index < -0.39 is 10.0 Å². The molecule has 2 rings (SSSR count). The zero-order valence-electron chi connectivity index (χ0n) is 10.1. The molecule has 0 aromatic heterocycles. The standard InChI is InChI=1S/C11H22N2O2S/c1-9-7-13(8-10(2)12-9)16(14,15)6-5-11-3-4-11/h9-12H,3-8H2,1-2H3. The lowest BCUT2D eigenvalue weighted by atomic mass is 10.2. The lowest BCUT2D eigenvalue weighted by Gasteiger charge is -2.35. The summed E-state index contributed by atoms with van der Waals surface area (Å²) in [5.74, 6) is 1.03. The van der Waals surface area contributed by atoms with E-state index in [1.54, 1.807) is 4.31 Å². The second-order valence-electron chi connectivity index (χ2n) is 5.33. The fourth-order valence-corrected chi connectivity index (χ4v) is 4.15. The van der Waals surface area contributed by atoms with Crippen LogP contribution in [0.3, 0.4) is 0 Å². The van der Waals surface area contributed by atoms with Crippen molar-refractivity contribution in [2.24, 2.45) is 5.92 Å². The van der Waals surface area contributed by atoms with Crippen LogP contribution in [0.1, 0.15) is 33.1 Å². The Morgan fingerprint density at radius 3 is 2.25 bits per heavy atom. The van der Waals surface area contributed by atoms with Gasteiger partial charge in [-0.15, -0.1) is 0 Å². The maximum Gasteiger partial charge on any atom is 0.214 e. The molecule has 1 heterocycles. The van der Waals surface area contributed by atoms with E-state index in [2.05, 4.69) is 5.32 Å². The zero-order valence-corrected chi connectivity index (χ0v) is 11.0. The predicted molar refractivity (Wildman–Crippen MR) is 64.8 cm³/mol. The molecular formula is C11H22N2O2S. The van der Waals surface area contributed by atoms with Crippen LogP contribution in [0.25, 0.3) is 0 Å². The molecule has 1 saturated carbocycles. The Bertz CT molecular complexity index is 328. The van der Waals surface area contributed by atoms with Gasteiger partial charge in [-0.25, -0.2) is 8.42 Å². The first-order chi connectivity index (χ1) is 7.47. The number of nitrogens with one attached hydrogen (secondary N) is 1. The smallest absolute Gasteiger partial charge is 0.214 e. The molecule has 0 bridgehead atoms. The van der Waals surface area contributed by atoms with E-state index >= 15 is 0 Å². The van der Waals surface area contributed by atoms with Gasteiger partial charge >= 0.3 is 0 Å². The summed E-state index contributed by atoms with van der Waals surface area (Å²) in [6.07, 6.45) is 3.31. The largest absolute Gasteiger partial charge is 0.309 e. The summed E-state index contributed by atoms with van der Waals surface area (Å²) in [4.78, 5) is 0. The van der Waals surface area contributed by atoms with Crippen molar-refractivity contribution in [3.8, 4) is 0 Å². The van der Waals surface area contributed by atoms with Gasteiger partial charge < -0.3 is 5.32 Å². The first-order valence-electron chi connectivity index (χ1n) is 6.21. The summed E-state index contributed by atoms with van der Waals surface area (Å²) in [5.41, 5.74) is 0. The van der Waals surface area contributed by atoms with Gasteiger partial charge in [0, 0.05) is 25.2 Å². The summed E-state index contributed by atoms with van der Waals surface area (Å²) in [5, 5.41) is 3.35. The second-order valence-corrected chi connectivity index (χ2v) is 7.42. The SMILES string of the molecule is CC1CN(S(=O)(=O)CCC2CC2)CC(C)N1. The molecule has 2 fully saturated rings. The predicted octanol–water partition coefficient (Wildman–Crippen LogP) is 0.798. The Labute approximate surface area is 98.4 Å². The minimum absolute atomic E-state index is 0.263. The van der Waals surface area contributed by atoms with E-state index in [0.717, 1.165) is 6.42 Å². The zero-order chi connectivity index (χ0) is 11.8. The van der Waals surface area contributed by atoms with Gasteiger partial charge in [0.1, 0.15) is 0 Å². The number of nitrogens with zero attached hydrogens (tertiary/aromatic N) is 1. The molecule has 1 saturated heterocycles. The van der Waals surface area contributed by atoms with E-state index in [0.29, 0.717) is 24.8 Å². The molecular weight excluding hydrogens is 224 g/mol. The van der Waals surface area contributed by atoms with Crippen LogP contribution in [0.15, 0.2) is 0 Å². The third kappa shape index (κ3) is 3.18. The molecule has 2 atom stereocenters. The maximum absolute atomic E-state index is 12.1. The molecule has 0 aromatic carbocycles. The highest BCUT2D eigenvalue weighted by atomic mass is 32.2. The van der Waals surface area contributed by atoms with Gasteiger partial charge in [0.15, 0.2) is 0 Å². The molecule has 1 aliphatic heterocycles. The highest BCUT2D eigenvalue weighted by Crippen LogP contribution is 2.33. The quantitative estimate of drug-likeness (QED) is 0.798. The molecule has 94 valence electrons. The van der Waals surface area contributed by atoms with Crippen LogP contribution in [0.4, 0.5) is 0 Å². The van der Waals surface area contributed by atoms with Gasteiger partial charge in [0.25, 0.3) is 0 Å². The molecule has 0 radical (unpaired) electrons. The van der Waals surface area contributed by atoms with Crippen molar-refractivity contribution in [3.63, 3.8) is 0 Å². The number of rotatable bonds is 4. The van der Waals surface area contributed by atoms with Crippen LogP contribution in [-0.4, -0.2) is 43.6 Å². The first kappa shape index (κ1) is 12.3. The molecule has 0 spiro atoms. The molecule has 1 N–H and O–H groups in total. The summed E-state index contributed by atoms with van der Waals surface area (Å²) in [6.45, 7) is 5.33. The third-order valence-electron chi connectivity index (χ3n) is 3.40. The average molecular weight is 246 g/mol. The lowest BCUT2D eigenvalue weighted by molar-refractivity contribution is 0.262. The molecule has 0 amide bonds. The summed E-state index contributed by atoms with van der Waals surface area (Å²) in [6, 6.07) is 0.527. The molecule has 16 heavy (non-hydrogen) atoms. The molecule has 0 aromatic rings. The van der Waals surface area contributed by atoms with Gasteiger partial charge in [-0.1, -0.05) is 12.8 Å². The van der Waals surface area contributed by atoms with Crippen LogP contribution in [-0.2, 0) is 10.0 Å². The summed E-state index contributed by atoms with van der Waals surface area (Å²) in [7, 11) is -3.01.